The maximum absolute atomic E-state index is 12.7. The second-order valence-electron chi connectivity index (χ2n) is 6.10. The highest BCUT2D eigenvalue weighted by Crippen LogP contribution is 2.48. The lowest BCUT2D eigenvalue weighted by Crippen LogP contribution is -2.72. The summed E-state index contributed by atoms with van der Waals surface area (Å²) in [6, 6.07) is 0. The molecular weight excluding hydrogens is 304 g/mol. The van der Waals surface area contributed by atoms with Crippen LogP contribution in [0, 0.1) is 10.8 Å². The Morgan fingerprint density at radius 2 is 1.26 bits per heavy atom. The fourth-order valence-corrected chi connectivity index (χ4v) is 3.58. The van der Waals surface area contributed by atoms with Crippen molar-refractivity contribution < 1.29 is 28.7 Å². The van der Waals surface area contributed by atoms with E-state index in [2.05, 4.69) is 0 Å². The molecule has 0 aliphatic carbocycles. The van der Waals surface area contributed by atoms with Crippen molar-refractivity contribution in [3.63, 3.8) is 0 Å². The number of carbonyl (C=O) groups is 4. The molecule has 0 spiro atoms. The summed E-state index contributed by atoms with van der Waals surface area (Å²) in [5.74, 6) is -2.28. The average Bonchev–Trinajstić information content (AvgIpc) is 2.50. The maximum atomic E-state index is 12.7. The molecule has 128 valence electrons. The van der Waals surface area contributed by atoms with E-state index in [1.807, 2.05) is 0 Å². The Bertz CT molecular complexity index is 514. The first kappa shape index (κ1) is 17.2. The number of ether oxygens (including phenoxy) is 2. The Kier molecular flexibility index (Phi) is 4.37. The van der Waals surface area contributed by atoms with E-state index in [-0.39, 0.29) is 32.7 Å². The molecule has 2 fully saturated rings. The monoisotopic (exact) mass is 326 g/mol. The third kappa shape index (κ3) is 2.36. The van der Waals surface area contributed by atoms with Crippen molar-refractivity contribution in [2.45, 2.75) is 20.3 Å². The van der Waals surface area contributed by atoms with Gasteiger partial charge in [0.1, 0.15) is 0 Å². The first-order chi connectivity index (χ1) is 10.7. The molecule has 2 rings (SSSR count). The number of hydrogen-bond acceptors (Lipinski definition) is 6. The molecule has 2 unspecified atom stereocenters. The minimum absolute atomic E-state index is 0.102. The van der Waals surface area contributed by atoms with Crippen molar-refractivity contribution in [1.29, 1.82) is 0 Å². The molecule has 0 aromatic heterocycles. The van der Waals surface area contributed by atoms with Crippen LogP contribution in [0.25, 0.3) is 0 Å². The first-order valence-corrected chi connectivity index (χ1v) is 7.60. The Balaban J connectivity index is 2.55. The molecule has 2 atom stereocenters. The number of esters is 2. The zero-order valence-corrected chi connectivity index (χ0v) is 13.9. The topological polar surface area (TPSA) is 93.2 Å². The smallest absolute Gasteiger partial charge is 0.323 e. The zero-order valence-electron chi connectivity index (χ0n) is 13.9. The fraction of sp³-hybridized carbons (Fsp3) is 0.733. The lowest BCUT2D eigenvalue weighted by molar-refractivity contribution is -0.194. The highest BCUT2D eigenvalue weighted by atomic mass is 16.5. The van der Waals surface area contributed by atoms with Crippen molar-refractivity contribution in [3.05, 3.63) is 0 Å². The number of hydrogen-bond donors (Lipinski definition) is 0. The van der Waals surface area contributed by atoms with Crippen molar-refractivity contribution in [2.75, 3.05) is 40.4 Å². The largest absolute Gasteiger partial charge is 0.465 e. The molecular formula is C15H22N2O6. The van der Waals surface area contributed by atoms with E-state index in [1.54, 1.807) is 13.8 Å². The summed E-state index contributed by atoms with van der Waals surface area (Å²) < 4.78 is 10.1. The standard InChI is InChI=1S/C15H22N2O6/c1-5-22-12(20)14-7-15(13(21)23-6-2,9-17(4)10(14)18)11(19)16(3)8-14/h5-9H2,1-4H3. The van der Waals surface area contributed by atoms with Gasteiger partial charge >= 0.3 is 11.9 Å². The molecule has 2 aliphatic heterocycles. The van der Waals surface area contributed by atoms with Crippen LogP contribution in [0.2, 0.25) is 0 Å². The van der Waals surface area contributed by atoms with Crippen molar-refractivity contribution in [1.82, 2.24) is 9.80 Å². The van der Waals surface area contributed by atoms with Gasteiger partial charge in [-0.15, -0.1) is 0 Å². The van der Waals surface area contributed by atoms with Gasteiger partial charge in [-0.2, -0.15) is 0 Å². The molecule has 2 bridgehead atoms. The van der Waals surface area contributed by atoms with Crippen LogP contribution in [0.4, 0.5) is 0 Å². The van der Waals surface area contributed by atoms with E-state index in [9.17, 15) is 19.2 Å². The molecule has 2 saturated heterocycles. The molecule has 2 heterocycles. The average molecular weight is 326 g/mol. The summed E-state index contributed by atoms with van der Waals surface area (Å²) in [5.41, 5.74) is -3.11. The third-order valence-corrected chi connectivity index (χ3v) is 4.46. The number of carbonyl (C=O) groups excluding carboxylic acids is 4. The number of piperidine rings is 2. The summed E-state index contributed by atoms with van der Waals surface area (Å²) in [5, 5.41) is 0. The van der Waals surface area contributed by atoms with Crippen LogP contribution in [-0.2, 0) is 28.7 Å². The van der Waals surface area contributed by atoms with Crippen LogP contribution < -0.4 is 0 Å². The molecule has 8 heteroatoms. The van der Waals surface area contributed by atoms with Crippen molar-refractivity contribution in [3.8, 4) is 0 Å². The molecule has 23 heavy (non-hydrogen) atoms. The number of fused-ring (bicyclic) bond motifs is 2. The van der Waals surface area contributed by atoms with Crippen LogP contribution in [0.5, 0.6) is 0 Å². The second-order valence-corrected chi connectivity index (χ2v) is 6.10. The van der Waals surface area contributed by atoms with Crippen LogP contribution in [0.1, 0.15) is 20.3 Å². The van der Waals surface area contributed by atoms with E-state index in [1.165, 1.54) is 23.9 Å². The summed E-state index contributed by atoms with van der Waals surface area (Å²) in [6.07, 6.45) is -0.204. The van der Waals surface area contributed by atoms with Gasteiger partial charge in [0.05, 0.1) is 13.2 Å². The van der Waals surface area contributed by atoms with Gasteiger partial charge in [0, 0.05) is 33.6 Å². The van der Waals surface area contributed by atoms with E-state index < -0.39 is 34.6 Å². The normalized spacial score (nSPS) is 30.3. The van der Waals surface area contributed by atoms with Crippen LogP contribution >= 0.6 is 0 Å². The highest BCUT2D eigenvalue weighted by Gasteiger charge is 2.68. The Morgan fingerprint density at radius 1 is 0.913 bits per heavy atom. The first-order valence-electron chi connectivity index (χ1n) is 7.60. The Morgan fingerprint density at radius 3 is 1.57 bits per heavy atom. The third-order valence-electron chi connectivity index (χ3n) is 4.46. The van der Waals surface area contributed by atoms with Gasteiger partial charge in [-0.3, -0.25) is 19.2 Å². The van der Waals surface area contributed by atoms with Crippen LogP contribution in [0.3, 0.4) is 0 Å². The van der Waals surface area contributed by atoms with Gasteiger partial charge in [0.25, 0.3) is 0 Å². The van der Waals surface area contributed by atoms with E-state index >= 15 is 0 Å². The predicted octanol–water partition coefficient (Wildman–Crippen LogP) is -0.580. The lowest BCUT2D eigenvalue weighted by Gasteiger charge is -2.52. The summed E-state index contributed by atoms with van der Waals surface area (Å²) >= 11 is 0. The molecule has 2 aliphatic rings. The summed E-state index contributed by atoms with van der Waals surface area (Å²) in [4.78, 5) is 52.9. The molecule has 2 amide bonds. The van der Waals surface area contributed by atoms with E-state index in [4.69, 9.17) is 9.47 Å². The lowest BCUT2D eigenvalue weighted by atomic mass is 9.62. The Labute approximate surface area is 134 Å². The predicted molar refractivity (Wildman–Crippen MR) is 78.0 cm³/mol. The highest BCUT2D eigenvalue weighted by molar-refractivity contribution is 6.12. The zero-order chi connectivity index (χ0) is 17.4. The van der Waals surface area contributed by atoms with Gasteiger partial charge < -0.3 is 19.3 Å². The Hall–Kier alpha value is -2.12. The summed E-state index contributed by atoms with van der Waals surface area (Å²) in [7, 11) is 2.95. The second kappa shape index (κ2) is 5.82. The molecule has 0 saturated carbocycles. The van der Waals surface area contributed by atoms with Crippen molar-refractivity contribution >= 4 is 23.8 Å². The minimum Gasteiger partial charge on any atom is -0.465 e. The number of nitrogens with zero attached hydrogens (tertiary/aromatic N) is 2. The van der Waals surface area contributed by atoms with Crippen LogP contribution in [0.15, 0.2) is 0 Å². The molecule has 0 aromatic carbocycles. The molecule has 0 N–H and O–H groups in total. The van der Waals surface area contributed by atoms with Gasteiger partial charge in [-0.1, -0.05) is 0 Å². The van der Waals surface area contributed by atoms with Gasteiger partial charge in [-0.25, -0.2) is 0 Å². The number of likely N-dealkylation sites (tertiary alicyclic amines) is 2. The molecule has 0 radical (unpaired) electrons. The number of amides is 2. The quantitative estimate of drug-likeness (QED) is 0.507. The maximum Gasteiger partial charge on any atom is 0.323 e. The van der Waals surface area contributed by atoms with Crippen LogP contribution in [-0.4, -0.2) is 74.0 Å². The van der Waals surface area contributed by atoms with Gasteiger partial charge in [-0.05, 0) is 13.8 Å². The van der Waals surface area contributed by atoms with Gasteiger partial charge in [0.2, 0.25) is 11.8 Å². The van der Waals surface area contributed by atoms with Crippen molar-refractivity contribution in [2.24, 2.45) is 10.8 Å². The van der Waals surface area contributed by atoms with E-state index in [0.29, 0.717) is 0 Å². The SMILES string of the molecule is CCOC(=O)C12CN(C)C(=O)C(C(=O)OCC)(CN(C)C1=O)C2. The number of rotatable bonds is 4. The van der Waals surface area contributed by atoms with E-state index in [0.717, 1.165) is 0 Å². The molecule has 0 aromatic rings. The fourth-order valence-electron chi connectivity index (χ4n) is 3.58. The summed E-state index contributed by atoms with van der Waals surface area (Å²) in [6.45, 7) is 3.30. The minimum atomic E-state index is -1.56. The van der Waals surface area contributed by atoms with Gasteiger partial charge in [0.15, 0.2) is 10.8 Å². The molecule has 8 nitrogen and oxygen atoms in total.